The van der Waals surface area contributed by atoms with Crippen molar-refractivity contribution >= 4 is 11.5 Å². The summed E-state index contributed by atoms with van der Waals surface area (Å²) < 4.78 is 0. The second-order valence-corrected chi connectivity index (χ2v) is 5.47. The fourth-order valence-corrected chi connectivity index (χ4v) is 2.94. The Morgan fingerprint density at radius 1 is 0.682 bits per heavy atom. The van der Waals surface area contributed by atoms with Crippen LogP contribution in [-0.4, -0.2) is 5.78 Å². The Labute approximate surface area is 129 Å². The van der Waals surface area contributed by atoms with Gasteiger partial charge in [-0.3, -0.25) is 4.79 Å². The van der Waals surface area contributed by atoms with Gasteiger partial charge >= 0.3 is 0 Å². The lowest BCUT2D eigenvalue weighted by molar-refractivity contribution is 0.104. The number of fused-ring (bicyclic) bond motifs is 3. The van der Waals surface area contributed by atoms with E-state index < -0.39 is 0 Å². The molecule has 0 bridgehead atoms. The van der Waals surface area contributed by atoms with Crippen molar-refractivity contribution in [1.82, 2.24) is 0 Å². The van der Waals surface area contributed by atoms with E-state index in [2.05, 4.69) is 17.4 Å². The molecule has 0 saturated heterocycles. The smallest absolute Gasteiger partial charge is 0.194 e. The second-order valence-electron chi connectivity index (χ2n) is 5.47. The molecule has 3 aromatic rings. The number of anilines is 1. The van der Waals surface area contributed by atoms with Crippen molar-refractivity contribution in [2.45, 2.75) is 6.54 Å². The molecule has 0 fully saturated rings. The Balaban J connectivity index is 1.62. The van der Waals surface area contributed by atoms with Crippen molar-refractivity contribution in [3.8, 4) is 11.1 Å². The Kier molecular flexibility index (Phi) is 3.01. The molecule has 0 saturated carbocycles. The number of ketones is 1. The first-order valence-electron chi connectivity index (χ1n) is 7.39. The molecule has 0 atom stereocenters. The summed E-state index contributed by atoms with van der Waals surface area (Å²) >= 11 is 0. The molecule has 1 aliphatic carbocycles. The van der Waals surface area contributed by atoms with Crippen LogP contribution in [0.15, 0.2) is 72.8 Å². The average molecular weight is 285 g/mol. The zero-order valence-corrected chi connectivity index (χ0v) is 12.0. The van der Waals surface area contributed by atoms with Crippen molar-refractivity contribution in [1.29, 1.82) is 0 Å². The SMILES string of the molecule is O=C1c2ccccc2-c2ccc(NCc3ccccc3)cc21. The molecule has 0 spiro atoms. The van der Waals surface area contributed by atoms with Crippen LogP contribution in [0, 0.1) is 0 Å². The quantitative estimate of drug-likeness (QED) is 0.600. The molecule has 0 amide bonds. The summed E-state index contributed by atoms with van der Waals surface area (Å²) in [6.07, 6.45) is 0. The number of benzene rings is 3. The third-order valence-electron chi connectivity index (χ3n) is 4.07. The number of hydrogen-bond acceptors (Lipinski definition) is 2. The Morgan fingerprint density at radius 3 is 2.18 bits per heavy atom. The van der Waals surface area contributed by atoms with E-state index in [0.29, 0.717) is 0 Å². The number of carbonyl (C=O) groups excluding carboxylic acids is 1. The molecule has 0 unspecified atom stereocenters. The molecule has 2 nitrogen and oxygen atoms in total. The lowest BCUT2D eigenvalue weighted by Crippen LogP contribution is -2.01. The highest BCUT2D eigenvalue weighted by atomic mass is 16.1. The molecule has 22 heavy (non-hydrogen) atoms. The van der Waals surface area contributed by atoms with Crippen LogP contribution in [0.3, 0.4) is 0 Å². The van der Waals surface area contributed by atoms with Gasteiger partial charge in [0.2, 0.25) is 0 Å². The van der Waals surface area contributed by atoms with Crippen LogP contribution >= 0.6 is 0 Å². The van der Waals surface area contributed by atoms with E-state index in [0.717, 1.165) is 34.5 Å². The van der Waals surface area contributed by atoms with Crippen LogP contribution in [0.1, 0.15) is 21.5 Å². The number of hydrogen-bond donors (Lipinski definition) is 1. The summed E-state index contributed by atoms with van der Waals surface area (Å²) in [4.78, 5) is 12.5. The first-order valence-corrected chi connectivity index (χ1v) is 7.39. The fourth-order valence-electron chi connectivity index (χ4n) is 2.94. The van der Waals surface area contributed by atoms with Gasteiger partial charge in [0.1, 0.15) is 0 Å². The molecule has 2 heteroatoms. The van der Waals surface area contributed by atoms with Crippen LogP contribution in [0.4, 0.5) is 5.69 Å². The van der Waals surface area contributed by atoms with E-state index in [1.54, 1.807) is 0 Å². The van der Waals surface area contributed by atoms with E-state index in [1.165, 1.54) is 5.56 Å². The Morgan fingerprint density at radius 2 is 1.36 bits per heavy atom. The molecule has 1 aliphatic rings. The molecule has 0 radical (unpaired) electrons. The normalized spacial score (nSPS) is 11.9. The van der Waals surface area contributed by atoms with Gasteiger partial charge in [-0.25, -0.2) is 0 Å². The first kappa shape index (κ1) is 12.8. The highest BCUT2D eigenvalue weighted by Gasteiger charge is 2.26. The van der Waals surface area contributed by atoms with Crippen molar-refractivity contribution in [2.24, 2.45) is 0 Å². The van der Waals surface area contributed by atoms with E-state index in [4.69, 9.17) is 0 Å². The predicted molar refractivity (Wildman–Crippen MR) is 89.1 cm³/mol. The molecule has 1 N–H and O–H groups in total. The van der Waals surface area contributed by atoms with Crippen LogP contribution in [0.25, 0.3) is 11.1 Å². The monoisotopic (exact) mass is 285 g/mol. The van der Waals surface area contributed by atoms with Crippen LogP contribution in [0.2, 0.25) is 0 Å². The van der Waals surface area contributed by atoms with Crippen molar-refractivity contribution in [3.05, 3.63) is 89.5 Å². The minimum Gasteiger partial charge on any atom is -0.381 e. The van der Waals surface area contributed by atoms with Gasteiger partial charge in [0, 0.05) is 23.4 Å². The van der Waals surface area contributed by atoms with E-state index >= 15 is 0 Å². The maximum absolute atomic E-state index is 12.5. The number of nitrogens with one attached hydrogen (secondary N) is 1. The zero-order chi connectivity index (χ0) is 14.9. The molecule has 3 aromatic carbocycles. The van der Waals surface area contributed by atoms with Crippen molar-refractivity contribution in [2.75, 3.05) is 5.32 Å². The summed E-state index contributed by atoms with van der Waals surface area (Å²) in [5.41, 5.74) is 5.86. The van der Waals surface area contributed by atoms with E-state index in [1.807, 2.05) is 60.7 Å². The maximum Gasteiger partial charge on any atom is 0.194 e. The number of carbonyl (C=O) groups is 1. The molecule has 106 valence electrons. The van der Waals surface area contributed by atoms with E-state index in [-0.39, 0.29) is 5.78 Å². The summed E-state index contributed by atoms with van der Waals surface area (Å²) in [6.45, 7) is 0.751. The standard InChI is InChI=1S/C20H15NO/c22-20-18-9-5-4-8-16(18)17-11-10-15(12-19(17)20)21-13-14-6-2-1-3-7-14/h1-12,21H,13H2. The third-order valence-corrected chi connectivity index (χ3v) is 4.07. The van der Waals surface area contributed by atoms with E-state index in [9.17, 15) is 4.79 Å². The maximum atomic E-state index is 12.5. The molecular formula is C20H15NO. The van der Waals surface area contributed by atoms with Gasteiger partial charge in [-0.1, -0.05) is 60.7 Å². The molecular weight excluding hydrogens is 270 g/mol. The van der Waals surface area contributed by atoms with Gasteiger partial charge < -0.3 is 5.32 Å². The Hall–Kier alpha value is -2.87. The predicted octanol–water partition coefficient (Wildman–Crippen LogP) is 4.51. The van der Waals surface area contributed by atoms with Crippen molar-refractivity contribution < 1.29 is 4.79 Å². The third kappa shape index (κ3) is 2.09. The molecule has 0 aromatic heterocycles. The summed E-state index contributed by atoms with van der Waals surface area (Å²) in [7, 11) is 0. The van der Waals surface area contributed by atoms with Crippen LogP contribution in [-0.2, 0) is 6.54 Å². The minimum absolute atomic E-state index is 0.119. The lowest BCUT2D eigenvalue weighted by atomic mass is 10.1. The number of rotatable bonds is 3. The molecule has 0 aliphatic heterocycles. The summed E-state index contributed by atoms with van der Waals surface area (Å²) in [6, 6.07) is 24.1. The highest BCUT2D eigenvalue weighted by Crippen LogP contribution is 2.37. The fraction of sp³-hybridized carbons (Fsp3) is 0.0500. The van der Waals surface area contributed by atoms with Gasteiger partial charge in [-0.15, -0.1) is 0 Å². The van der Waals surface area contributed by atoms with Crippen LogP contribution in [0.5, 0.6) is 0 Å². The largest absolute Gasteiger partial charge is 0.381 e. The topological polar surface area (TPSA) is 29.1 Å². The van der Waals surface area contributed by atoms with Gasteiger partial charge in [-0.2, -0.15) is 0 Å². The minimum atomic E-state index is 0.119. The van der Waals surface area contributed by atoms with Gasteiger partial charge in [0.25, 0.3) is 0 Å². The zero-order valence-electron chi connectivity index (χ0n) is 12.0. The summed E-state index contributed by atoms with van der Waals surface area (Å²) in [5, 5.41) is 3.39. The average Bonchev–Trinajstić information content (AvgIpc) is 2.87. The lowest BCUT2D eigenvalue weighted by Gasteiger charge is -2.08. The highest BCUT2D eigenvalue weighted by molar-refractivity contribution is 6.22. The van der Waals surface area contributed by atoms with Crippen LogP contribution < -0.4 is 5.32 Å². The summed E-state index contributed by atoms with van der Waals surface area (Å²) in [5.74, 6) is 0.119. The van der Waals surface area contributed by atoms with Gasteiger partial charge in [0.15, 0.2) is 5.78 Å². The second kappa shape index (κ2) is 5.15. The molecule has 0 heterocycles. The Bertz CT molecular complexity index is 853. The molecule has 4 rings (SSSR count). The van der Waals surface area contributed by atoms with Crippen molar-refractivity contribution in [3.63, 3.8) is 0 Å². The first-order chi connectivity index (χ1) is 10.8. The van der Waals surface area contributed by atoms with Gasteiger partial charge in [0.05, 0.1) is 0 Å². The van der Waals surface area contributed by atoms with Gasteiger partial charge in [-0.05, 0) is 28.8 Å².